The number of sulfonamides is 1. The zero-order valence-corrected chi connectivity index (χ0v) is 21.0. The van der Waals surface area contributed by atoms with Crippen molar-refractivity contribution in [1.29, 1.82) is 0 Å². The molecule has 0 saturated heterocycles. The molecule has 33 heavy (non-hydrogen) atoms. The van der Waals surface area contributed by atoms with E-state index in [4.69, 9.17) is 0 Å². The van der Waals surface area contributed by atoms with E-state index in [1.165, 1.54) is 22.1 Å². The van der Waals surface area contributed by atoms with Crippen LogP contribution in [0.1, 0.15) is 30.5 Å². The number of carbonyl (C=O) groups excluding carboxylic acids is 1. The predicted molar refractivity (Wildman–Crippen MR) is 129 cm³/mol. The third-order valence-corrected chi connectivity index (χ3v) is 8.27. The summed E-state index contributed by atoms with van der Waals surface area (Å²) in [6.45, 7) is 10.0. The van der Waals surface area contributed by atoms with Crippen LogP contribution in [0, 0.1) is 20.8 Å². The average Bonchev–Trinajstić information content (AvgIpc) is 3.24. The number of aryl methyl sites for hydroxylation is 3. The highest BCUT2D eigenvalue weighted by Crippen LogP contribution is 2.25. The minimum Gasteiger partial charge on any atom is -0.325 e. The normalized spacial score (nSPS) is 11.7. The first kappa shape index (κ1) is 24.9. The number of anilines is 1. The fourth-order valence-electron chi connectivity index (χ4n) is 3.35. The number of aromatic nitrogens is 4. The van der Waals surface area contributed by atoms with E-state index in [0.717, 1.165) is 16.8 Å². The molecule has 0 unspecified atom stereocenters. The van der Waals surface area contributed by atoms with Gasteiger partial charge in [0.05, 0.1) is 16.3 Å². The quantitative estimate of drug-likeness (QED) is 0.460. The Bertz CT molecular complexity index is 1250. The second-order valence-electron chi connectivity index (χ2n) is 7.57. The van der Waals surface area contributed by atoms with Gasteiger partial charge in [0.25, 0.3) is 0 Å². The van der Waals surface area contributed by atoms with Gasteiger partial charge in [0, 0.05) is 18.8 Å². The highest BCUT2D eigenvalue weighted by Gasteiger charge is 2.24. The number of carbonyl (C=O) groups is 1. The SMILES string of the molecule is CCN(CC)S(=O)(=O)c1cc(NC(=O)CSc2nnnn2-c2cc(C)ccc2C)ccc1C. The van der Waals surface area contributed by atoms with Gasteiger partial charge in [0.2, 0.25) is 21.1 Å². The van der Waals surface area contributed by atoms with E-state index < -0.39 is 10.0 Å². The molecule has 1 heterocycles. The molecule has 176 valence electrons. The smallest absolute Gasteiger partial charge is 0.243 e. The maximum Gasteiger partial charge on any atom is 0.243 e. The Morgan fingerprint density at radius 1 is 1.06 bits per heavy atom. The number of nitrogens with one attached hydrogen (secondary N) is 1. The molecule has 0 atom stereocenters. The van der Waals surface area contributed by atoms with Gasteiger partial charge in [0.15, 0.2) is 0 Å². The number of amides is 1. The van der Waals surface area contributed by atoms with E-state index in [2.05, 4.69) is 20.8 Å². The van der Waals surface area contributed by atoms with Gasteiger partial charge in [-0.05, 0) is 66.1 Å². The van der Waals surface area contributed by atoms with Crippen LogP contribution < -0.4 is 5.32 Å². The van der Waals surface area contributed by atoms with Crippen LogP contribution in [-0.2, 0) is 14.8 Å². The van der Waals surface area contributed by atoms with Crippen molar-refractivity contribution in [1.82, 2.24) is 24.5 Å². The van der Waals surface area contributed by atoms with Gasteiger partial charge in [-0.1, -0.05) is 43.8 Å². The molecule has 0 aliphatic carbocycles. The third kappa shape index (κ3) is 5.60. The van der Waals surface area contributed by atoms with Crippen molar-refractivity contribution in [2.75, 3.05) is 24.2 Å². The van der Waals surface area contributed by atoms with Crippen molar-refractivity contribution in [2.45, 2.75) is 44.7 Å². The summed E-state index contributed by atoms with van der Waals surface area (Å²) in [5, 5.41) is 15.1. The molecule has 0 fully saturated rings. The lowest BCUT2D eigenvalue weighted by Crippen LogP contribution is -2.31. The van der Waals surface area contributed by atoms with Crippen LogP contribution >= 0.6 is 11.8 Å². The summed E-state index contributed by atoms with van der Waals surface area (Å²) in [6.07, 6.45) is 0. The van der Waals surface area contributed by atoms with Gasteiger partial charge in [-0.3, -0.25) is 4.79 Å². The number of benzene rings is 2. The van der Waals surface area contributed by atoms with Crippen LogP contribution in [0.2, 0.25) is 0 Å². The first-order valence-corrected chi connectivity index (χ1v) is 13.0. The van der Waals surface area contributed by atoms with E-state index in [9.17, 15) is 13.2 Å². The summed E-state index contributed by atoms with van der Waals surface area (Å²) in [5.74, 6) is -0.220. The highest BCUT2D eigenvalue weighted by molar-refractivity contribution is 7.99. The molecule has 0 aliphatic rings. The third-order valence-electron chi connectivity index (χ3n) is 5.16. The Morgan fingerprint density at radius 3 is 2.45 bits per heavy atom. The van der Waals surface area contributed by atoms with Crippen LogP contribution in [0.5, 0.6) is 0 Å². The molecule has 9 nitrogen and oxygen atoms in total. The Hall–Kier alpha value is -2.76. The monoisotopic (exact) mass is 488 g/mol. The van der Waals surface area contributed by atoms with Crippen molar-refractivity contribution in [3.8, 4) is 5.69 Å². The van der Waals surface area contributed by atoms with Crippen LogP contribution in [0.15, 0.2) is 46.5 Å². The molecule has 0 aliphatic heterocycles. The maximum atomic E-state index is 12.9. The average molecular weight is 489 g/mol. The van der Waals surface area contributed by atoms with Crippen molar-refractivity contribution in [2.24, 2.45) is 0 Å². The summed E-state index contributed by atoms with van der Waals surface area (Å²) in [7, 11) is -3.63. The molecule has 2 aromatic carbocycles. The Labute approximate surface area is 198 Å². The summed E-state index contributed by atoms with van der Waals surface area (Å²) < 4.78 is 28.9. The summed E-state index contributed by atoms with van der Waals surface area (Å²) in [5.41, 5.74) is 4.00. The second kappa shape index (κ2) is 10.4. The van der Waals surface area contributed by atoms with E-state index in [1.807, 2.05) is 32.0 Å². The predicted octanol–water partition coefficient (Wildman–Crippen LogP) is 3.35. The molecular weight excluding hydrogens is 460 g/mol. The number of nitrogens with zero attached hydrogens (tertiary/aromatic N) is 5. The number of rotatable bonds is 9. The van der Waals surface area contributed by atoms with E-state index in [-0.39, 0.29) is 16.6 Å². The fraction of sp³-hybridized carbons (Fsp3) is 0.364. The highest BCUT2D eigenvalue weighted by atomic mass is 32.2. The molecule has 0 saturated carbocycles. The number of hydrogen-bond acceptors (Lipinski definition) is 7. The van der Waals surface area contributed by atoms with Gasteiger partial charge < -0.3 is 5.32 Å². The van der Waals surface area contributed by atoms with Crippen molar-refractivity contribution in [3.05, 3.63) is 53.1 Å². The van der Waals surface area contributed by atoms with Crippen molar-refractivity contribution in [3.63, 3.8) is 0 Å². The summed E-state index contributed by atoms with van der Waals surface area (Å²) in [4.78, 5) is 12.8. The van der Waals surface area contributed by atoms with Crippen molar-refractivity contribution < 1.29 is 13.2 Å². The van der Waals surface area contributed by atoms with E-state index in [1.54, 1.807) is 37.6 Å². The summed E-state index contributed by atoms with van der Waals surface area (Å²) in [6, 6.07) is 10.9. The van der Waals surface area contributed by atoms with Crippen LogP contribution in [0.3, 0.4) is 0 Å². The van der Waals surface area contributed by atoms with Gasteiger partial charge >= 0.3 is 0 Å². The van der Waals surface area contributed by atoms with E-state index >= 15 is 0 Å². The Morgan fingerprint density at radius 2 is 1.76 bits per heavy atom. The molecule has 1 aromatic heterocycles. The minimum absolute atomic E-state index is 0.0667. The van der Waals surface area contributed by atoms with Gasteiger partial charge in [-0.2, -0.15) is 8.99 Å². The number of tetrazole rings is 1. The number of thioether (sulfide) groups is 1. The molecule has 0 spiro atoms. The minimum atomic E-state index is -3.63. The standard InChI is InChI=1S/C22H28N6O3S2/c1-6-27(7-2)33(30,31)20-13-18(11-10-17(20)5)23-21(29)14-32-22-24-25-26-28(22)19-12-15(3)8-9-16(19)4/h8-13H,6-7,14H2,1-5H3,(H,23,29). The first-order chi connectivity index (χ1) is 15.7. The zero-order valence-electron chi connectivity index (χ0n) is 19.4. The molecular formula is C22H28N6O3S2. The largest absolute Gasteiger partial charge is 0.325 e. The molecule has 1 amide bonds. The van der Waals surface area contributed by atoms with Crippen LogP contribution in [0.25, 0.3) is 5.69 Å². The molecule has 0 radical (unpaired) electrons. The van der Waals surface area contributed by atoms with Gasteiger partial charge in [-0.25, -0.2) is 8.42 Å². The van der Waals surface area contributed by atoms with Crippen molar-refractivity contribution >= 4 is 33.4 Å². The Balaban J connectivity index is 1.73. The molecule has 11 heteroatoms. The van der Waals surface area contributed by atoms with Gasteiger partial charge in [-0.15, -0.1) is 5.10 Å². The first-order valence-electron chi connectivity index (χ1n) is 10.6. The lowest BCUT2D eigenvalue weighted by Gasteiger charge is -2.20. The number of hydrogen-bond donors (Lipinski definition) is 1. The van der Waals surface area contributed by atoms with E-state index in [0.29, 0.717) is 29.5 Å². The van der Waals surface area contributed by atoms with Gasteiger partial charge in [0.1, 0.15) is 0 Å². The summed E-state index contributed by atoms with van der Waals surface area (Å²) >= 11 is 1.20. The lowest BCUT2D eigenvalue weighted by molar-refractivity contribution is -0.113. The molecule has 1 N–H and O–H groups in total. The fourth-order valence-corrected chi connectivity index (χ4v) is 5.75. The molecule has 0 bridgehead atoms. The topological polar surface area (TPSA) is 110 Å². The molecule has 3 aromatic rings. The molecule has 3 rings (SSSR count). The lowest BCUT2D eigenvalue weighted by atomic mass is 10.1. The Kier molecular flexibility index (Phi) is 7.88. The zero-order chi connectivity index (χ0) is 24.2. The van der Waals surface area contributed by atoms with Crippen LogP contribution in [-0.4, -0.2) is 57.7 Å². The maximum absolute atomic E-state index is 12.9. The van der Waals surface area contributed by atoms with Crippen LogP contribution in [0.4, 0.5) is 5.69 Å². The second-order valence-corrected chi connectivity index (χ2v) is 10.4.